The van der Waals surface area contributed by atoms with E-state index in [1.54, 1.807) is 6.92 Å². The summed E-state index contributed by atoms with van der Waals surface area (Å²) in [6.45, 7) is 2.84. The summed E-state index contributed by atoms with van der Waals surface area (Å²) in [7, 11) is 1.87. The van der Waals surface area contributed by atoms with Crippen LogP contribution in [0.1, 0.15) is 35.8 Å². The van der Waals surface area contributed by atoms with Gasteiger partial charge in [-0.25, -0.2) is 4.79 Å². The quantitative estimate of drug-likeness (QED) is 0.417. The molecular weight excluding hydrogens is 366 g/mol. The fourth-order valence-electron chi connectivity index (χ4n) is 3.69. The third-order valence-corrected chi connectivity index (χ3v) is 5.36. The molecule has 3 aromatic rings. The Hall–Kier alpha value is -3.08. The maximum atomic E-state index is 12.8. The van der Waals surface area contributed by atoms with Crippen LogP contribution in [0.25, 0.3) is 22.0 Å². The lowest BCUT2D eigenvalue weighted by Crippen LogP contribution is -2.11. The van der Waals surface area contributed by atoms with Crippen molar-refractivity contribution in [2.75, 3.05) is 13.2 Å². The minimum absolute atomic E-state index is 0.306. The monoisotopic (exact) mass is 391 g/mol. The SMILES string of the molecule is CCOC(=O)c1c(-c2cccc(OCC3CC3)c2)c2cc(CC=O)ccc2n1C. The third-order valence-electron chi connectivity index (χ3n) is 5.36. The van der Waals surface area contributed by atoms with Crippen molar-refractivity contribution >= 4 is 23.2 Å². The van der Waals surface area contributed by atoms with Gasteiger partial charge in [-0.05, 0) is 61.1 Å². The molecule has 0 bridgehead atoms. The average molecular weight is 391 g/mol. The van der Waals surface area contributed by atoms with Crippen LogP contribution in [0.3, 0.4) is 0 Å². The molecule has 1 aromatic heterocycles. The molecule has 150 valence electrons. The molecule has 1 fully saturated rings. The van der Waals surface area contributed by atoms with Gasteiger partial charge >= 0.3 is 5.97 Å². The number of nitrogens with zero attached hydrogens (tertiary/aromatic N) is 1. The van der Waals surface area contributed by atoms with Crippen LogP contribution in [-0.2, 0) is 23.0 Å². The zero-order valence-electron chi connectivity index (χ0n) is 16.8. The number of hydrogen-bond acceptors (Lipinski definition) is 4. The molecule has 0 radical (unpaired) electrons. The van der Waals surface area contributed by atoms with Crippen molar-refractivity contribution in [3.63, 3.8) is 0 Å². The molecule has 5 heteroatoms. The number of ether oxygens (including phenoxy) is 2. The smallest absolute Gasteiger partial charge is 0.355 e. The lowest BCUT2D eigenvalue weighted by Gasteiger charge is -2.10. The second kappa shape index (κ2) is 8.11. The van der Waals surface area contributed by atoms with Crippen molar-refractivity contribution in [1.29, 1.82) is 0 Å². The highest BCUT2D eigenvalue weighted by Crippen LogP contribution is 2.37. The first-order chi connectivity index (χ1) is 14.1. The van der Waals surface area contributed by atoms with Gasteiger partial charge < -0.3 is 18.8 Å². The van der Waals surface area contributed by atoms with Crippen LogP contribution in [0.5, 0.6) is 5.75 Å². The van der Waals surface area contributed by atoms with E-state index in [0.717, 1.165) is 46.2 Å². The molecule has 4 rings (SSSR count). The Morgan fingerprint density at radius 3 is 2.76 bits per heavy atom. The van der Waals surface area contributed by atoms with Crippen LogP contribution in [0.2, 0.25) is 0 Å². The standard InChI is InChI=1S/C24H25NO4/c1-3-28-24(27)23-22(18-5-4-6-19(14-18)29-15-17-7-8-17)20-13-16(11-12-26)9-10-21(20)25(23)2/h4-6,9-10,12-14,17H,3,7-8,11,15H2,1-2H3. The van der Waals surface area contributed by atoms with Gasteiger partial charge in [0.1, 0.15) is 17.7 Å². The summed E-state index contributed by atoms with van der Waals surface area (Å²) in [4.78, 5) is 23.8. The highest BCUT2D eigenvalue weighted by Gasteiger charge is 2.25. The van der Waals surface area contributed by atoms with Crippen molar-refractivity contribution in [1.82, 2.24) is 4.57 Å². The Kier molecular flexibility index (Phi) is 5.38. The van der Waals surface area contributed by atoms with Gasteiger partial charge in [0.25, 0.3) is 0 Å². The van der Waals surface area contributed by atoms with Gasteiger partial charge in [-0.15, -0.1) is 0 Å². The maximum absolute atomic E-state index is 12.8. The zero-order chi connectivity index (χ0) is 20.4. The van der Waals surface area contributed by atoms with Gasteiger partial charge in [0, 0.05) is 29.9 Å². The van der Waals surface area contributed by atoms with Crippen molar-refractivity contribution in [2.45, 2.75) is 26.2 Å². The summed E-state index contributed by atoms with van der Waals surface area (Å²) >= 11 is 0. The zero-order valence-corrected chi connectivity index (χ0v) is 16.8. The molecule has 0 spiro atoms. The summed E-state index contributed by atoms with van der Waals surface area (Å²) in [6.07, 6.45) is 3.69. The van der Waals surface area contributed by atoms with Crippen LogP contribution >= 0.6 is 0 Å². The van der Waals surface area contributed by atoms with E-state index in [4.69, 9.17) is 9.47 Å². The largest absolute Gasteiger partial charge is 0.493 e. The van der Waals surface area contributed by atoms with Crippen LogP contribution in [0.15, 0.2) is 42.5 Å². The number of rotatable bonds is 8. The van der Waals surface area contributed by atoms with E-state index in [9.17, 15) is 9.59 Å². The highest BCUT2D eigenvalue weighted by molar-refractivity contribution is 6.09. The topological polar surface area (TPSA) is 57.5 Å². The first-order valence-electron chi connectivity index (χ1n) is 10.1. The predicted octanol–water partition coefficient (Wildman–Crippen LogP) is 4.55. The fourth-order valence-corrected chi connectivity index (χ4v) is 3.69. The Morgan fingerprint density at radius 2 is 2.03 bits per heavy atom. The maximum Gasteiger partial charge on any atom is 0.355 e. The number of benzene rings is 2. The molecule has 5 nitrogen and oxygen atoms in total. The van der Waals surface area contributed by atoms with E-state index in [-0.39, 0.29) is 5.97 Å². The molecular formula is C24H25NO4. The van der Waals surface area contributed by atoms with Crippen molar-refractivity contribution in [3.05, 3.63) is 53.7 Å². The van der Waals surface area contributed by atoms with Crippen LogP contribution in [0.4, 0.5) is 0 Å². The predicted molar refractivity (Wildman–Crippen MR) is 112 cm³/mol. The second-order valence-corrected chi connectivity index (χ2v) is 7.51. The highest BCUT2D eigenvalue weighted by atomic mass is 16.5. The van der Waals surface area contributed by atoms with Gasteiger partial charge in [-0.3, -0.25) is 0 Å². The first-order valence-corrected chi connectivity index (χ1v) is 10.1. The molecule has 2 aromatic carbocycles. The van der Waals surface area contributed by atoms with E-state index in [2.05, 4.69) is 0 Å². The normalized spacial score (nSPS) is 13.4. The van der Waals surface area contributed by atoms with E-state index in [0.29, 0.717) is 24.6 Å². The molecule has 1 heterocycles. The van der Waals surface area contributed by atoms with E-state index < -0.39 is 0 Å². The Balaban J connectivity index is 1.86. The van der Waals surface area contributed by atoms with Crippen LogP contribution in [0, 0.1) is 5.92 Å². The van der Waals surface area contributed by atoms with Crippen LogP contribution in [-0.4, -0.2) is 30.0 Å². The lowest BCUT2D eigenvalue weighted by atomic mass is 9.99. The third kappa shape index (κ3) is 3.90. The molecule has 0 aliphatic heterocycles. The first kappa shape index (κ1) is 19.2. The van der Waals surface area contributed by atoms with Crippen molar-refractivity contribution in [2.24, 2.45) is 13.0 Å². The summed E-state index contributed by atoms with van der Waals surface area (Å²) in [5, 5.41) is 0.925. The number of aromatic nitrogens is 1. The van der Waals surface area contributed by atoms with Gasteiger partial charge in [0.2, 0.25) is 0 Å². The number of carbonyl (C=O) groups is 2. The molecule has 0 unspecified atom stereocenters. The molecule has 1 aliphatic rings. The fraction of sp³-hybridized carbons (Fsp3) is 0.333. The van der Waals surface area contributed by atoms with Gasteiger partial charge in [0.05, 0.1) is 13.2 Å². The van der Waals surface area contributed by atoms with Gasteiger partial charge in [0.15, 0.2) is 0 Å². The summed E-state index contributed by atoms with van der Waals surface area (Å²) in [5.41, 5.74) is 4.04. The molecule has 0 atom stereocenters. The van der Waals surface area contributed by atoms with E-state index >= 15 is 0 Å². The minimum atomic E-state index is -0.359. The number of aryl methyl sites for hydroxylation is 1. The van der Waals surface area contributed by atoms with Crippen molar-refractivity contribution < 1.29 is 19.1 Å². The average Bonchev–Trinajstić information content (AvgIpc) is 3.50. The summed E-state index contributed by atoms with van der Waals surface area (Å²) in [6, 6.07) is 13.7. The summed E-state index contributed by atoms with van der Waals surface area (Å²) < 4.78 is 13.2. The number of carbonyl (C=O) groups excluding carboxylic acids is 2. The van der Waals surface area contributed by atoms with Gasteiger partial charge in [-0.2, -0.15) is 0 Å². The Bertz CT molecular complexity index is 1060. The molecule has 0 amide bonds. The minimum Gasteiger partial charge on any atom is -0.493 e. The van der Waals surface area contributed by atoms with Crippen LogP contribution < -0.4 is 4.74 Å². The van der Waals surface area contributed by atoms with Crippen molar-refractivity contribution in [3.8, 4) is 16.9 Å². The number of aldehydes is 1. The molecule has 1 aliphatic carbocycles. The number of esters is 1. The lowest BCUT2D eigenvalue weighted by molar-refractivity contribution is -0.107. The molecule has 0 N–H and O–H groups in total. The van der Waals surface area contributed by atoms with E-state index in [1.165, 1.54) is 12.8 Å². The van der Waals surface area contributed by atoms with Gasteiger partial charge in [-0.1, -0.05) is 18.2 Å². The number of hydrogen-bond donors (Lipinski definition) is 0. The summed E-state index contributed by atoms with van der Waals surface area (Å²) in [5.74, 6) is 1.10. The molecule has 1 saturated carbocycles. The molecule has 29 heavy (non-hydrogen) atoms. The molecule has 0 saturated heterocycles. The van der Waals surface area contributed by atoms with E-state index in [1.807, 2.05) is 54.1 Å². The second-order valence-electron chi connectivity index (χ2n) is 7.51. The Labute approximate surface area is 170 Å². The number of fused-ring (bicyclic) bond motifs is 1. The Morgan fingerprint density at radius 1 is 1.21 bits per heavy atom.